The summed E-state index contributed by atoms with van der Waals surface area (Å²) >= 11 is 1.26. The number of hydrogen-bond donors (Lipinski definition) is 3. The summed E-state index contributed by atoms with van der Waals surface area (Å²) in [5, 5.41) is 4.86. The van der Waals surface area contributed by atoms with Crippen LogP contribution >= 0.6 is 11.3 Å². The Labute approximate surface area is 131 Å². The van der Waals surface area contributed by atoms with E-state index in [1.807, 2.05) is 7.05 Å². The number of nitrogens with one attached hydrogen (secondary N) is 2. The monoisotopic (exact) mass is 322 g/mol. The fourth-order valence-electron chi connectivity index (χ4n) is 2.06. The Morgan fingerprint density at radius 1 is 1.27 bits per heavy atom. The van der Waals surface area contributed by atoms with Crippen molar-refractivity contribution in [3.8, 4) is 0 Å². The Bertz CT molecular complexity index is 670. The Morgan fingerprint density at radius 3 is 2.59 bits per heavy atom. The molecule has 1 unspecified atom stereocenters. The lowest BCUT2D eigenvalue weighted by atomic mass is 10.2. The van der Waals surface area contributed by atoms with Gasteiger partial charge in [0.15, 0.2) is 6.54 Å². The van der Waals surface area contributed by atoms with Crippen molar-refractivity contribution in [2.24, 2.45) is 5.73 Å². The van der Waals surface area contributed by atoms with Crippen LogP contribution in [0.2, 0.25) is 0 Å². The summed E-state index contributed by atoms with van der Waals surface area (Å²) < 4.78 is 12.8. The van der Waals surface area contributed by atoms with Crippen LogP contribution in [-0.2, 0) is 11.3 Å². The molecular weight excluding hydrogens is 305 g/mol. The third-order valence-electron chi connectivity index (χ3n) is 3.07. The molecule has 1 aromatic carbocycles. The van der Waals surface area contributed by atoms with E-state index >= 15 is 0 Å². The first-order valence-electron chi connectivity index (χ1n) is 6.68. The molecule has 5 nitrogen and oxygen atoms in total. The van der Waals surface area contributed by atoms with Crippen LogP contribution in [0.5, 0.6) is 0 Å². The van der Waals surface area contributed by atoms with E-state index in [2.05, 4.69) is 5.32 Å². The van der Waals surface area contributed by atoms with Gasteiger partial charge < -0.3 is 16.0 Å². The number of thiophene rings is 1. The topological polar surface area (TPSA) is 76.6 Å². The van der Waals surface area contributed by atoms with Gasteiger partial charge in [-0.2, -0.15) is 0 Å². The highest BCUT2D eigenvalue weighted by Crippen LogP contribution is 2.22. The number of halogens is 1. The molecule has 2 aromatic rings. The molecule has 0 aliphatic heterocycles. The molecule has 0 fully saturated rings. The second kappa shape index (κ2) is 7.15. The van der Waals surface area contributed by atoms with Crippen molar-refractivity contribution < 1.29 is 18.9 Å². The Balaban J connectivity index is 1.89. The number of amides is 2. The van der Waals surface area contributed by atoms with Crippen molar-refractivity contribution in [1.82, 2.24) is 0 Å². The number of hydrogen-bond acceptors (Lipinski definition) is 3. The zero-order chi connectivity index (χ0) is 16.1. The zero-order valence-electron chi connectivity index (χ0n) is 12.1. The maximum absolute atomic E-state index is 12.8. The predicted molar refractivity (Wildman–Crippen MR) is 83.3 cm³/mol. The second-order valence-electron chi connectivity index (χ2n) is 5.01. The standard InChI is InChI=1S/C15H16FN3O2S/c1-19(8-10-2-4-11(16)5-3-10)9-13(20)18-15-12(14(17)21)6-7-22-15/h2-7H,8-9H2,1H3,(H2,17,21)(H,18,20)/p+1. The number of primary amides is 1. The fraction of sp³-hybridized carbons (Fsp3) is 0.200. The van der Waals surface area contributed by atoms with Crippen LogP contribution < -0.4 is 16.0 Å². The van der Waals surface area contributed by atoms with Crippen LogP contribution in [-0.4, -0.2) is 25.4 Å². The third kappa shape index (κ3) is 4.37. The summed E-state index contributed by atoms with van der Waals surface area (Å²) in [5.74, 6) is -1.05. The zero-order valence-corrected chi connectivity index (χ0v) is 12.9. The number of nitrogens with two attached hydrogens (primary N) is 1. The fourth-order valence-corrected chi connectivity index (χ4v) is 2.87. The Hall–Kier alpha value is -2.25. The number of carbonyl (C=O) groups is 2. The van der Waals surface area contributed by atoms with E-state index in [1.165, 1.54) is 23.5 Å². The van der Waals surface area contributed by atoms with Crippen molar-refractivity contribution in [2.75, 3.05) is 18.9 Å². The summed E-state index contributed by atoms with van der Waals surface area (Å²) in [6.45, 7) is 0.828. The highest BCUT2D eigenvalue weighted by molar-refractivity contribution is 7.14. The smallest absolute Gasteiger partial charge is 0.280 e. The van der Waals surface area contributed by atoms with Crippen molar-refractivity contribution in [1.29, 1.82) is 0 Å². The first-order valence-corrected chi connectivity index (χ1v) is 7.56. The molecular formula is C15H17FN3O2S+. The first kappa shape index (κ1) is 16.1. The highest BCUT2D eigenvalue weighted by Gasteiger charge is 2.15. The van der Waals surface area contributed by atoms with Gasteiger partial charge in [-0.05, 0) is 23.6 Å². The van der Waals surface area contributed by atoms with Crippen LogP contribution in [0, 0.1) is 5.82 Å². The van der Waals surface area contributed by atoms with Crippen molar-refractivity contribution in [3.05, 3.63) is 52.7 Å². The van der Waals surface area contributed by atoms with Crippen molar-refractivity contribution in [3.63, 3.8) is 0 Å². The molecule has 1 atom stereocenters. The predicted octanol–water partition coefficient (Wildman–Crippen LogP) is 0.639. The molecule has 1 heterocycles. The summed E-state index contributed by atoms with van der Waals surface area (Å²) in [4.78, 5) is 24.1. The number of rotatable bonds is 6. The molecule has 2 rings (SSSR count). The van der Waals surface area contributed by atoms with Gasteiger partial charge >= 0.3 is 0 Å². The quantitative estimate of drug-likeness (QED) is 0.730. The minimum Gasteiger partial charge on any atom is -0.366 e. The van der Waals surface area contributed by atoms with E-state index in [-0.39, 0.29) is 18.3 Å². The van der Waals surface area contributed by atoms with Gasteiger partial charge in [0.2, 0.25) is 0 Å². The Kier molecular flexibility index (Phi) is 5.24. The molecule has 7 heteroatoms. The average molecular weight is 322 g/mol. The van der Waals surface area contributed by atoms with Gasteiger partial charge in [-0.1, -0.05) is 12.1 Å². The molecule has 0 spiro atoms. The normalized spacial score (nSPS) is 11.9. The third-order valence-corrected chi connectivity index (χ3v) is 3.89. The first-order chi connectivity index (χ1) is 10.5. The molecule has 0 aliphatic carbocycles. The van der Waals surface area contributed by atoms with Crippen LogP contribution in [0.1, 0.15) is 15.9 Å². The van der Waals surface area contributed by atoms with Gasteiger partial charge in [0.25, 0.3) is 11.8 Å². The van der Waals surface area contributed by atoms with E-state index in [9.17, 15) is 14.0 Å². The second-order valence-corrected chi connectivity index (χ2v) is 5.93. The van der Waals surface area contributed by atoms with E-state index < -0.39 is 5.91 Å². The van der Waals surface area contributed by atoms with Gasteiger partial charge in [-0.15, -0.1) is 11.3 Å². The number of benzene rings is 1. The lowest BCUT2D eigenvalue weighted by Crippen LogP contribution is -3.08. The molecule has 0 bridgehead atoms. The summed E-state index contributed by atoms with van der Waals surface area (Å²) in [6, 6.07) is 7.76. The lowest BCUT2D eigenvalue weighted by molar-refractivity contribution is -0.885. The molecule has 0 radical (unpaired) electrons. The number of carbonyl (C=O) groups excluding carboxylic acids is 2. The molecule has 4 N–H and O–H groups in total. The van der Waals surface area contributed by atoms with Gasteiger partial charge in [-0.25, -0.2) is 4.39 Å². The minimum atomic E-state index is -0.566. The number of likely N-dealkylation sites (N-methyl/N-ethyl adjacent to an activating group) is 1. The molecule has 1 aromatic heterocycles. The summed E-state index contributed by atoms with van der Waals surface area (Å²) in [7, 11) is 1.87. The van der Waals surface area contributed by atoms with Crippen molar-refractivity contribution >= 4 is 28.2 Å². The molecule has 116 valence electrons. The molecule has 0 aliphatic rings. The van der Waals surface area contributed by atoms with Gasteiger partial charge in [0.05, 0.1) is 12.6 Å². The van der Waals surface area contributed by atoms with E-state index in [1.54, 1.807) is 23.6 Å². The largest absolute Gasteiger partial charge is 0.366 e. The van der Waals surface area contributed by atoms with Gasteiger partial charge in [-0.3, -0.25) is 9.59 Å². The van der Waals surface area contributed by atoms with Gasteiger partial charge in [0, 0.05) is 5.56 Å². The van der Waals surface area contributed by atoms with Crippen molar-refractivity contribution in [2.45, 2.75) is 6.54 Å². The van der Waals surface area contributed by atoms with Crippen LogP contribution in [0.3, 0.4) is 0 Å². The SMILES string of the molecule is C[NH+](CC(=O)Nc1sccc1C(N)=O)Cc1ccc(F)cc1. The van der Waals surface area contributed by atoms with Crippen LogP contribution in [0.15, 0.2) is 35.7 Å². The van der Waals surface area contributed by atoms with Gasteiger partial charge in [0.1, 0.15) is 17.4 Å². The number of quaternary nitrogens is 1. The Morgan fingerprint density at radius 2 is 1.95 bits per heavy atom. The van der Waals surface area contributed by atoms with E-state index in [0.717, 1.165) is 10.5 Å². The highest BCUT2D eigenvalue weighted by atomic mass is 32.1. The van der Waals surface area contributed by atoms with E-state index in [4.69, 9.17) is 5.73 Å². The molecule has 22 heavy (non-hydrogen) atoms. The summed E-state index contributed by atoms with van der Waals surface area (Å²) in [5.41, 5.74) is 6.49. The lowest BCUT2D eigenvalue weighted by Gasteiger charge is -2.13. The van der Waals surface area contributed by atoms with E-state index in [0.29, 0.717) is 17.1 Å². The number of anilines is 1. The average Bonchev–Trinajstić information content (AvgIpc) is 2.89. The summed E-state index contributed by atoms with van der Waals surface area (Å²) in [6.07, 6.45) is 0. The van der Waals surface area contributed by atoms with Crippen LogP contribution in [0.25, 0.3) is 0 Å². The molecule has 0 saturated heterocycles. The molecule has 0 saturated carbocycles. The maximum Gasteiger partial charge on any atom is 0.280 e. The molecule has 2 amide bonds. The maximum atomic E-state index is 12.8. The minimum absolute atomic E-state index is 0.204. The van der Waals surface area contributed by atoms with Crippen LogP contribution in [0.4, 0.5) is 9.39 Å².